The number of carbonyl (C=O) groups is 1. The smallest absolute Gasteiger partial charge is 0.302 e. The molecule has 0 N–H and O–H groups in total. The van der Waals surface area contributed by atoms with E-state index >= 15 is 0 Å². The first kappa shape index (κ1) is 19.4. The van der Waals surface area contributed by atoms with Crippen molar-refractivity contribution in [1.29, 1.82) is 0 Å². The Morgan fingerprint density at radius 2 is 2.08 bits per heavy atom. The van der Waals surface area contributed by atoms with E-state index in [1.165, 1.54) is 23.6 Å². The van der Waals surface area contributed by atoms with Crippen LogP contribution in [0.15, 0.2) is 34.4 Å². The van der Waals surface area contributed by atoms with E-state index in [0.29, 0.717) is 19.3 Å². The highest BCUT2D eigenvalue weighted by molar-refractivity contribution is 5.66. The summed E-state index contributed by atoms with van der Waals surface area (Å²) in [5.74, 6) is -0.238. The summed E-state index contributed by atoms with van der Waals surface area (Å²) in [5, 5.41) is 0. The van der Waals surface area contributed by atoms with Crippen molar-refractivity contribution in [2.24, 2.45) is 0 Å². The summed E-state index contributed by atoms with van der Waals surface area (Å²) < 4.78 is 17.2. The second kappa shape index (κ2) is 8.10. The van der Waals surface area contributed by atoms with Crippen LogP contribution in [0.25, 0.3) is 0 Å². The average molecular weight is 360 g/mol. The molecule has 0 bridgehead atoms. The molecule has 0 saturated carbocycles. The van der Waals surface area contributed by atoms with Crippen LogP contribution in [0.3, 0.4) is 0 Å². The predicted octanol–water partition coefficient (Wildman–Crippen LogP) is 4.65. The van der Waals surface area contributed by atoms with Gasteiger partial charge in [0.2, 0.25) is 0 Å². The largest absolute Gasteiger partial charge is 0.461 e. The number of esters is 1. The molecule has 1 saturated heterocycles. The van der Waals surface area contributed by atoms with Gasteiger partial charge in [0.05, 0.1) is 24.4 Å². The summed E-state index contributed by atoms with van der Waals surface area (Å²) in [5.41, 5.74) is 5.26. The minimum Gasteiger partial charge on any atom is -0.461 e. The molecule has 4 nitrogen and oxygen atoms in total. The molecule has 0 aromatic heterocycles. The fourth-order valence-corrected chi connectivity index (χ4v) is 3.99. The van der Waals surface area contributed by atoms with Gasteiger partial charge in [-0.25, -0.2) is 0 Å². The zero-order valence-corrected chi connectivity index (χ0v) is 16.6. The van der Waals surface area contributed by atoms with Gasteiger partial charge >= 0.3 is 5.97 Å². The number of rotatable bonds is 2. The van der Waals surface area contributed by atoms with Crippen molar-refractivity contribution in [2.45, 2.75) is 84.0 Å². The van der Waals surface area contributed by atoms with Crippen molar-refractivity contribution in [1.82, 2.24) is 0 Å². The lowest BCUT2D eigenvalue weighted by atomic mass is 9.92. The topological polar surface area (TPSA) is 48.1 Å². The zero-order chi connectivity index (χ0) is 18.7. The van der Waals surface area contributed by atoms with Crippen LogP contribution in [0.4, 0.5) is 0 Å². The molecule has 1 aliphatic carbocycles. The molecule has 0 aromatic carbocycles. The van der Waals surface area contributed by atoms with Gasteiger partial charge in [-0.1, -0.05) is 23.3 Å². The van der Waals surface area contributed by atoms with Crippen LogP contribution < -0.4 is 0 Å². The van der Waals surface area contributed by atoms with E-state index < -0.39 is 0 Å². The van der Waals surface area contributed by atoms with Gasteiger partial charge in [0.15, 0.2) is 0 Å². The van der Waals surface area contributed by atoms with Crippen molar-refractivity contribution in [3.05, 3.63) is 34.4 Å². The van der Waals surface area contributed by atoms with Gasteiger partial charge in [0.1, 0.15) is 6.61 Å². The number of carbonyl (C=O) groups excluding carboxylic acids is 1. The second-order valence-electron chi connectivity index (χ2n) is 8.20. The first-order valence-corrected chi connectivity index (χ1v) is 9.84. The number of fused-ring (bicyclic) bond motifs is 2. The Bertz CT molecular complexity index is 643. The molecule has 0 spiro atoms. The van der Waals surface area contributed by atoms with Gasteiger partial charge < -0.3 is 14.2 Å². The SMILES string of the molecule is CC(=O)OCC1=C2CC/C(C)=C/CC[C@@]3(C)O[C@H]3CC/C(C)=C/[C@@H]2OC1. The molecule has 2 heterocycles. The minimum absolute atomic E-state index is 0.0165. The maximum atomic E-state index is 11.2. The standard InChI is InChI=1S/C22H32O4/c1-15-6-5-11-22(4)21(26-22)10-8-16(2)12-20-19(9-7-15)18(14-25-20)13-24-17(3)23/h6,12,20-21H,5,7-11,13-14H2,1-4H3/b15-6+,16-12+/t20-,21-,22+/m0/s1. The summed E-state index contributed by atoms with van der Waals surface area (Å²) in [6.45, 7) is 9.00. The summed E-state index contributed by atoms with van der Waals surface area (Å²) in [7, 11) is 0. The molecule has 2 aliphatic heterocycles. The lowest BCUT2D eigenvalue weighted by Crippen LogP contribution is -2.11. The Balaban J connectivity index is 1.77. The van der Waals surface area contributed by atoms with E-state index in [0.717, 1.165) is 44.1 Å². The van der Waals surface area contributed by atoms with Crippen molar-refractivity contribution in [3.63, 3.8) is 0 Å². The Morgan fingerprint density at radius 1 is 1.27 bits per heavy atom. The van der Waals surface area contributed by atoms with Crippen LogP contribution in [-0.2, 0) is 19.0 Å². The van der Waals surface area contributed by atoms with E-state index in [2.05, 4.69) is 32.9 Å². The Hall–Kier alpha value is -1.39. The summed E-state index contributed by atoms with van der Waals surface area (Å²) in [6.07, 6.45) is 11.3. The zero-order valence-electron chi connectivity index (χ0n) is 16.6. The number of hydrogen-bond acceptors (Lipinski definition) is 4. The van der Waals surface area contributed by atoms with Gasteiger partial charge in [-0.15, -0.1) is 0 Å². The molecule has 0 unspecified atom stereocenters. The number of allylic oxidation sites excluding steroid dienone is 3. The van der Waals surface area contributed by atoms with Crippen LogP contribution >= 0.6 is 0 Å². The maximum absolute atomic E-state index is 11.2. The minimum atomic E-state index is -0.238. The third kappa shape index (κ3) is 4.86. The molecule has 3 atom stereocenters. The third-order valence-electron chi connectivity index (χ3n) is 5.88. The highest BCUT2D eigenvalue weighted by Gasteiger charge is 2.50. The fraction of sp³-hybridized carbons (Fsp3) is 0.682. The Morgan fingerprint density at radius 3 is 2.85 bits per heavy atom. The first-order valence-electron chi connectivity index (χ1n) is 9.84. The molecule has 0 amide bonds. The summed E-state index contributed by atoms with van der Waals surface area (Å²) in [4.78, 5) is 11.2. The van der Waals surface area contributed by atoms with E-state index in [4.69, 9.17) is 14.2 Å². The molecule has 0 radical (unpaired) electrons. The van der Waals surface area contributed by atoms with Crippen molar-refractivity contribution in [3.8, 4) is 0 Å². The number of hydrogen-bond donors (Lipinski definition) is 0. The predicted molar refractivity (Wildman–Crippen MR) is 102 cm³/mol. The van der Waals surface area contributed by atoms with Crippen LogP contribution in [0.1, 0.15) is 66.2 Å². The highest BCUT2D eigenvalue weighted by Crippen LogP contribution is 2.44. The van der Waals surface area contributed by atoms with Gasteiger partial charge in [0, 0.05) is 6.92 Å². The number of epoxide rings is 1. The normalized spacial score (nSPS) is 36.8. The maximum Gasteiger partial charge on any atom is 0.302 e. The van der Waals surface area contributed by atoms with Crippen molar-refractivity contribution >= 4 is 5.97 Å². The Labute approximate surface area is 157 Å². The molecule has 26 heavy (non-hydrogen) atoms. The van der Waals surface area contributed by atoms with Gasteiger partial charge in [-0.2, -0.15) is 0 Å². The van der Waals surface area contributed by atoms with Gasteiger partial charge in [0.25, 0.3) is 0 Å². The molecule has 144 valence electrons. The molecule has 1 fully saturated rings. The molecule has 0 aromatic rings. The van der Waals surface area contributed by atoms with E-state index in [1.807, 2.05) is 0 Å². The number of ether oxygens (including phenoxy) is 3. The second-order valence-corrected chi connectivity index (χ2v) is 8.20. The Kier molecular flexibility index (Phi) is 6.03. The van der Waals surface area contributed by atoms with Gasteiger partial charge in [-0.3, -0.25) is 4.79 Å². The summed E-state index contributed by atoms with van der Waals surface area (Å²) in [6, 6.07) is 0. The van der Waals surface area contributed by atoms with Crippen molar-refractivity contribution < 1.29 is 19.0 Å². The molecular formula is C22H32O4. The molecule has 3 rings (SSSR count). The quantitative estimate of drug-likeness (QED) is 0.409. The monoisotopic (exact) mass is 360 g/mol. The van der Waals surface area contributed by atoms with Crippen LogP contribution in [-0.4, -0.2) is 37.0 Å². The average Bonchev–Trinajstić information content (AvgIpc) is 3.06. The van der Waals surface area contributed by atoms with Crippen molar-refractivity contribution in [2.75, 3.05) is 13.2 Å². The van der Waals surface area contributed by atoms with E-state index in [-0.39, 0.29) is 17.7 Å². The highest BCUT2D eigenvalue weighted by atomic mass is 16.6. The van der Waals surface area contributed by atoms with Crippen LogP contribution in [0.2, 0.25) is 0 Å². The van der Waals surface area contributed by atoms with E-state index in [9.17, 15) is 4.79 Å². The van der Waals surface area contributed by atoms with E-state index in [1.54, 1.807) is 0 Å². The van der Waals surface area contributed by atoms with Crippen LogP contribution in [0.5, 0.6) is 0 Å². The lowest BCUT2D eigenvalue weighted by molar-refractivity contribution is -0.140. The first-order chi connectivity index (χ1) is 12.4. The molecular weight excluding hydrogens is 328 g/mol. The lowest BCUT2D eigenvalue weighted by Gasteiger charge is -2.14. The third-order valence-corrected chi connectivity index (χ3v) is 5.88. The van der Waals surface area contributed by atoms with Crippen LogP contribution in [0, 0.1) is 0 Å². The molecule has 4 heteroatoms. The molecule has 3 aliphatic rings. The van der Waals surface area contributed by atoms with Gasteiger partial charge in [-0.05, 0) is 70.4 Å². The fourth-order valence-electron chi connectivity index (χ4n) is 3.99. The summed E-state index contributed by atoms with van der Waals surface area (Å²) >= 11 is 0.